The van der Waals surface area contributed by atoms with Crippen molar-refractivity contribution in [3.05, 3.63) is 89.7 Å². The number of halogens is 1. The number of nitrogens with zero attached hydrogens (tertiary/aromatic N) is 3. The van der Waals surface area contributed by atoms with Crippen LogP contribution in [0.1, 0.15) is 17.0 Å². The average Bonchev–Trinajstić information content (AvgIpc) is 3.28. The number of rotatable bonds is 6. The molecule has 27 heavy (non-hydrogen) atoms. The van der Waals surface area contributed by atoms with Crippen molar-refractivity contribution in [1.29, 1.82) is 0 Å². The Morgan fingerprint density at radius 1 is 1.07 bits per heavy atom. The number of imidazole rings is 1. The molecule has 0 aliphatic heterocycles. The van der Waals surface area contributed by atoms with Crippen molar-refractivity contribution >= 4 is 11.8 Å². The van der Waals surface area contributed by atoms with Gasteiger partial charge in [-0.25, -0.2) is 9.37 Å². The van der Waals surface area contributed by atoms with Crippen molar-refractivity contribution < 1.29 is 8.91 Å². The fourth-order valence-electron chi connectivity index (χ4n) is 2.87. The third-order valence-corrected chi connectivity index (χ3v) is 5.19. The lowest BCUT2D eigenvalue weighted by Crippen LogP contribution is -2.04. The molecule has 0 aliphatic rings. The lowest BCUT2D eigenvalue weighted by atomic mass is 10.1. The zero-order chi connectivity index (χ0) is 18.6. The summed E-state index contributed by atoms with van der Waals surface area (Å²) in [4.78, 5) is 4.61. The Morgan fingerprint density at radius 3 is 2.56 bits per heavy atom. The van der Waals surface area contributed by atoms with Crippen LogP contribution >= 0.6 is 11.8 Å². The first-order valence-electron chi connectivity index (χ1n) is 8.59. The molecule has 0 aliphatic carbocycles. The first-order valence-corrected chi connectivity index (χ1v) is 9.58. The topological polar surface area (TPSA) is 43.9 Å². The maximum Gasteiger partial charge on any atom is 0.169 e. The first kappa shape index (κ1) is 17.5. The molecule has 0 saturated heterocycles. The van der Waals surface area contributed by atoms with Crippen molar-refractivity contribution in [3.8, 4) is 11.3 Å². The molecular formula is C21H18FN3OS. The van der Waals surface area contributed by atoms with Gasteiger partial charge in [-0.1, -0.05) is 47.3 Å². The lowest BCUT2D eigenvalue weighted by molar-refractivity contribution is 0.393. The van der Waals surface area contributed by atoms with E-state index in [1.807, 2.05) is 37.4 Å². The van der Waals surface area contributed by atoms with Gasteiger partial charge in [-0.3, -0.25) is 0 Å². The van der Waals surface area contributed by atoms with Crippen LogP contribution in [0.4, 0.5) is 4.39 Å². The Morgan fingerprint density at radius 2 is 1.85 bits per heavy atom. The standard InChI is InChI=1S/C21H18FN3OS/c1-15-11-19(24-26-15)14-27-21-23-12-20(17-7-9-18(22)10-8-17)25(21)13-16-5-3-2-4-6-16/h2-12H,13-14H2,1H3. The molecule has 0 spiro atoms. The summed E-state index contributed by atoms with van der Waals surface area (Å²) in [5, 5.41) is 4.93. The summed E-state index contributed by atoms with van der Waals surface area (Å²) in [6.45, 7) is 2.57. The Hall–Kier alpha value is -2.86. The van der Waals surface area contributed by atoms with E-state index in [2.05, 4.69) is 26.8 Å². The minimum absolute atomic E-state index is 0.246. The quantitative estimate of drug-likeness (QED) is 0.425. The Kier molecular flexibility index (Phi) is 5.07. The van der Waals surface area contributed by atoms with E-state index < -0.39 is 0 Å². The average molecular weight is 379 g/mol. The molecule has 4 rings (SSSR count). The van der Waals surface area contributed by atoms with E-state index in [1.165, 1.54) is 17.7 Å². The van der Waals surface area contributed by atoms with Gasteiger partial charge < -0.3 is 9.09 Å². The van der Waals surface area contributed by atoms with Gasteiger partial charge in [0.1, 0.15) is 11.6 Å². The second-order valence-electron chi connectivity index (χ2n) is 6.22. The van der Waals surface area contributed by atoms with E-state index in [4.69, 9.17) is 4.52 Å². The number of thioether (sulfide) groups is 1. The number of aryl methyl sites for hydroxylation is 1. The highest BCUT2D eigenvalue weighted by molar-refractivity contribution is 7.98. The van der Waals surface area contributed by atoms with Gasteiger partial charge in [0.05, 0.1) is 24.1 Å². The van der Waals surface area contributed by atoms with E-state index in [9.17, 15) is 4.39 Å². The Labute approximate surface area is 161 Å². The van der Waals surface area contributed by atoms with Gasteiger partial charge in [-0.2, -0.15) is 0 Å². The fraction of sp³-hybridized carbons (Fsp3) is 0.143. The zero-order valence-electron chi connectivity index (χ0n) is 14.8. The van der Waals surface area contributed by atoms with Crippen molar-refractivity contribution in [3.63, 3.8) is 0 Å². The number of benzene rings is 2. The summed E-state index contributed by atoms with van der Waals surface area (Å²) in [5.74, 6) is 1.22. The molecule has 2 aromatic heterocycles. The van der Waals surface area contributed by atoms with E-state index in [0.29, 0.717) is 12.3 Å². The maximum absolute atomic E-state index is 13.3. The third-order valence-electron chi connectivity index (χ3n) is 4.17. The van der Waals surface area contributed by atoms with E-state index in [1.54, 1.807) is 23.9 Å². The maximum atomic E-state index is 13.3. The molecule has 0 unspecified atom stereocenters. The molecule has 6 heteroatoms. The summed E-state index contributed by atoms with van der Waals surface area (Å²) in [7, 11) is 0. The molecule has 2 aromatic carbocycles. The Bertz CT molecular complexity index is 1030. The monoisotopic (exact) mass is 379 g/mol. The van der Waals surface area contributed by atoms with Crippen LogP contribution in [0.5, 0.6) is 0 Å². The lowest BCUT2D eigenvalue weighted by Gasteiger charge is -2.12. The van der Waals surface area contributed by atoms with Gasteiger partial charge in [-0.15, -0.1) is 0 Å². The van der Waals surface area contributed by atoms with Gasteiger partial charge in [0.2, 0.25) is 0 Å². The molecule has 0 radical (unpaired) electrons. The molecule has 4 aromatic rings. The summed E-state index contributed by atoms with van der Waals surface area (Å²) >= 11 is 1.61. The van der Waals surface area contributed by atoms with E-state index in [0.717, 1.165) is 27.9 Å². The highest BCUT2D eigenvalue weighted by Gasteiger charge is 2.14. The van der Waals surface area contributed by atoms with Gasteiger partial charge in [0.15, 0.2) is 5.16 Å². The number of aromatic nitrogens is 3. The van der Waals surface area contributed by atoms with Crippen molar-refractivity contribution in [2.75, 3.05) is 0 Å². The van der Waals surface area contributed by atoms with Crippen LogP contribution in [0.2, 0.25) is 0 Å². The second-order valence-corrected chi connectivity index (χ2v) is 7.16. The largest absolute Gasteiger partial charge is 0.361 e. The fourth-order valence-corrected chi connectivity index (χ4v) is 3.73. The minimum atomic E-state index is -0.246. The van der Waals surface area contributed by atoms with Gasteiger partial charge in [0.25, 0.3) is 0 Å². The molecule has 0 amide bonds. The number of hydrogen-bond acceptors (Lipinski definition) is 4. The molecule has 136 valence electrons. The van der Waals surface area contributed by atoms with E-state index in [-0.39, 0.29) is 5.82 Å². The van der Waals surface area contributed by atoms with Crippen LogP contribution in [-0.4, -0.2) is 14.7 Å². The normalized spacial score (nSPS) is 11.0. The molecule has 0 fully saturated rings. The van der Waals surface area contributed by atoms with Crippen molar-refractivity contribution in [2.24, 2.45) is 0 Å². The predicted molar refractivity (Wildman–Crippen MR) is 104 cm³/mol. The zero-order valence-corrected chi connectivity index (χ0v) is 15.6. The smallest absolute Gasteiger partial charge is 0.169 e. The van der Waals surface area contributed by atoms with Crippen LogP contribution in [0.3, 0.4) is 0 Å². The molecule has 0 saturated carbocycles. The summed E-state index contributed by atoms with van der Waals surface area (Å²) in [6.07, 6.45) is 1.84. The van der Waals surface area contributed by atoms with Crippen molar-refractivity contribution in [2.45, 2.75) is 24.4 Å². The van der Waals surface area contributed by atoms with Crippen LogP contribution in [0, 0.1) is 12.7 Å². The van der Waals surface area contributed by atoms with Crippen LogP contribution in [0.15, 0.2) is 76.5 Å². The van der Waals surface area contributed by atoms with Gasteiger partial charge >= 0.3 is 0 Å². The SMILES string of the molecule is Cc1cc(CSc2ncc(-c3ccc(F)cc3)n2Cc2ccccc2)no1. The molecule has 0 N–H and O–H groups in total. The van der Waals surface area contributed by atoms with Crippen LogP contribution < -0.4 is 0 Å². The molecule has 2 heterocycles. The molecule has 4 nitrogen and oxygen atoms in total. The number of hydrogen-bond donors (Lipinski definition) is 0. The molecule has 0 atom stereocenters. The highest BCUT2D eigenvalue weighted by atomic mass is 32.2. The minimum Gasteiger partial charge on any atom is -0.361 e. The Balaban J connectivity index is 1.66. The van der Waals surface area contributed by atoms with Gasteiger partial charge in [-0.05, 0) is 42.3 Å². The highest BCUT2D eigenvalue weighted by Crippen LogP contribution is 2.29. The third kappa shape index (κ3) is 4.11. The summed E-state index contributed by atoms with van der Waals surface area (Å²) in [6, 6.07) is 18.7. The first-order chi connectivity index (χ1) is 13.2. The van der Waals surface area contributed by atoms with Crippen LogP contribution in [-0.2, 0) is 12.3 Å². The summed E-state index contributed by atoms with van der Waals surface area (Å²) in [5.41, 5.74) is 3.95. The molecule has 0 bridgehead atoms. The van der Waals surface area contributed by atoms with Gasteiger partial charge in [0, 0.05) is 11.8 Å². The van der Waals surface area contributed by atoms with Crippen LogP contribution in [0.25, 0.3) is 11.3 Å². The van der Waals surface area contributed by atoms with E-state index >= 15 is 0 Å². The summed E-state index contributed by atoms with van der Waals surface area (Å²) < 4.78 is 20.6. The molecular weight excluding hydrogens is 361 g/mol. The van der Waals surface area contributed by atoms with Crippen molar-refractivity contribution in [1.82, 2.24) is 14.7 Å². The predicted octanol–water partition coefficient (Wildman–Crippen LogP) is 5.33. The second kappa shape index (κ2) is 7.80.